The Kier molecular flexibility index (Phi) is 6.79. The maximum atomic E-state index is 12.9. The quantitative estimate of drug-likeness (QED) is 0.424. The van der Waals surface area contributed by atoms with Gasteiger partial charge in [-0.1, -0.05) is 50.2 Å². The van der Waals surface area contributed by atoms with E-state index in [1.807, 2.05) is 38.1 Å². The molecule has 3 rings (SSSR count). The molecule has 1 amide bonds. The first-order valence-electron chi connectivity index (χ1n) is 10.1. The van der Waals surface area contributed by atoms with E-state index in [2.05, 4.69) is 29.1 Å². The van der Waals surface area contributed by atoms with Crippen LogP contribution in [0.2, 0.25) is 0 Å². The van der Waals surface area contributed by atoms with Crippen LogP contribution in [0.5, 0.6) is 0 Å². The topological polar surface area (TPSA) is 79.8 Å². The van der Waals surface area contributed by atoms with Crippen LogP contribution in [0.1, 0.15) is 43.5 Å². The molecule has 0 aliphatic rings. The van der Waals surface area contributed by atoms with Gasteiger partial charge in [0.25, 0.3) is 5.56 Å². The van der Waals surface area contributed by atoms with Gasteiger partial charge in [0.1, 0.15) is 5.52 Å². The Morgan fingerprint density at radius 2 is 2.07 bits per heavy atom. The van der Waals surface area contributed by atoms with Crippen molar-refractivity contribution in [3.05, 3.63) is 51.4 Å². The number of aryl methyl sites for hydroxylation is 3. The number of anilines is 1. The average Bonchev–Trinajstić information content (AvgIpc) is 3.08. The molecule has 0 spiro atoms. The second-order valence-electron chi connectivity index (χ2n) is 7.22. The number of unbranched alkanes of at least 4 members (excludes halogenated alkanes) is 1. The van der Waals surface area contributed by atoms with Crippen LogP contribution in [0, 0.1) is 13.8 Å². The highest BCUT2D eigenvalue weighted by atomic mass is 32.2. The lowest BCUT2D eigenvalue weighted by Crippen LogP contribution is -2.24. The van der Waals surface area contributed by atoms with Crippen molar-refractivity contribution in [3.8, 4) is 0 Å². The minimum Gasteiger partial charge on any atom is -0.353 e. The molecule has 2 heterocycles. The van der Waals surface area contributed by atoms with Crippen molar-refractivity contribution in [2.24, 2.45) is 0 Å². The van der Waals surface area contributed by atoms with Crippen LogP contribution in [0.4, 0.5) is 5.69 Å². The molecule has 2 aromatic heterocycles. The van der Waals surface area contributed by atoms with Crippen molar-refractivity contribution >= 4 is 34.4 Å². The van der Waals surface area contributed by atoms with Gasteiger partial charge in [-0.3, -0.25) is 14.2 Å². The molecule has 0 atom stereocenters. The van der Waals surface area contributed by atoms with E-state index in [0.29, 0.717) is 22.7 Å². The van der Waals surface area contributed by atoms with Gasteiger partial charge in [0.15, 0.2) is 5.16 Å². The number of nitrogens with one attached hydrogen (secondary N) is 2. The van der Waals surface area contributed by atoms with Crippen molar-refractivity contribution < 1.29 is 4.79 Å². The van der Waals surface area contributed by atoms with Crippen molar-refractivity contribution in [1.82, 2.24) is 14.5 Å². The number of nitrogens with zero attached hydrogens (tertiary/aromatic N) is 2. The number of para-hydroxylation sites is 1. The summed E-state index contributed by atoms with van der Waals surface area (Å²) in [5, 5.41) is 3.63. The van der Waals surface area contributed by atoms with Crippen molar-refractivity contribution in [1.29, 1.82) is 0 Å². The van der Waals surface area contributed by atoms with Crippen molar-refractivity contribution in [2.75, 3.05) is 11.1 Å². The minimum atomic E-state index is -0.0966. The predicted molar refractivity (Wildman–Crippen MR) is 120 cm³/mol. The fourth-order valence-electron chi connectivity index (χ4n) is 3.34. The largest absolute Gasteiger partial charge is 0.353 e. The summed E-state index contributed by atoms with van der Waals surface area (Å²) in [7, 11) is 0. The van der Waals surface area contributed by atoms with Crippen LogP contribution in [0.15, 0.2) is 34.2 Å². The van der Waals surface area contributed by atoms with Crippen LogP contribution < -0.4 is 10.9 Å². The van der Waals surface area contributed by atoms with E-state index < -0.39 is 0 Å². The van der Waals surface area contributed by atoms with Crippen molar-refractivity contribution in [2.45, 2.75) is 58.7 Å². The highest BCUT2D eigenvalue weighted by molar-refractivity contribution is 7.99. The molecule has 0 aliphatic carbocycles. The zero-order valence-corrected chi connectivity index (χ0v) is 18.3. The number of H-pyrrole nitrogens is 1. The standard InChI is InChI=1S/C22H28N4O2S/c1-5-7-11-26-21(28)20-17(12-15(4)23-20)24-22(26)29-13-18(27)25-19-14(3)9-8-10-16(19)6-2/h8-10,12,23H,5-7,11,13H2,1-4H3,(H,25,27). The summed E-state index contributed by atoms with van der Waals surface area (Å²) >= 11 is 1.31. The molecule has 7 heteroatoms. The third-order valence-corrected chi connectivity index (χ3v) is 5.89. The summed E-state index contributed by atoms with van der Waals surface area (Å²) in [5.41, 5.74) is 5.05. The highest BCUT2D eigenvalue weighted by Crippen LogP contribution is 2.23. The molecule has 3 aromatic rings. The molecule has 154 valence electrons. The number of rotatable bonds is 8. The van der Waals surface area contributed by atoms with Crippen LogP contribution in [-0.4, -0.2) is 26.2 Å². The van der Waals surface area contributed by atoms with Crippen LogP contribution >= 0.6 is 11.8 Å². The van der Waals surface area contributed by atoms with Crippen LogP contribution in [-0.2, 0) is 17.8 Å². The monoisotopic (exact) mass is 412 g/mol. The molecular formula is C22H28N4O2S. The zero-order valence-electron chi connectivity index (χ0n) is 17.5. The van der Waals surface area contributed by atoms with Gasteiger partial charge >= 0.3 is 0 Å². The van der Waals surface area contributed by atoms with E-state index in [4.69, 9.17) is 0 Å². The molecule has 0 aliphatic heterocycles. The third-order valence-electron chi connectivity index (χ3n) is 4.91. The Labute approximate surface area is 175 Å². The molecule has 2 N–H and O–H groups in total. The average molecular weight is 413 g/mol. The summed E-state index contributed by atoms with van der Waals surface area (Å²) < 4.78 is 1.69. The van der Waals surface area contributed by atoms with Gasteiger partial charge in [0.2, 0.25) is 5.91 Å². The first-order valence-corrected chi connectivity index (χ1v) is 11.0. The molecule has 0 unspecified atom stereocenters. The van der Waals surface area contributed by atoms with E-state index in [-0.39, 0.29) is 17.2 Å². The number of aromatic amines is 1. The summed E-state index contributed by atoms with van der Waals surface area (Å²) in [6.07, 6.45) is 2.72. The summed E-state index contributed by atoms with van der Waals surface area (Å²) in [4.78, 5) is 33.3. The maximum Gasteiger partial charge on any atom is 0.278 e. The molecule has 0 fully saturated rings. The predicted octanol–water partition coefficient (Wildman–Crippen LogP) is 4.43. The van der Waals surface area contributed by atoms with Gasteiger partial charge in [-0.05, 0) is 43.9 Å². The molecule has 6 nitrogen and oxygen atoms in total. The highest BCUT2D eigenvalue weighted by Gasteiger charge is 2.15. The second kappa shape index (κ2) is 9.31. The van der Waals surface area contributed by atoms with E-state index in [9.17, 15) is 9.59 Å². The Bertz CT molecular complexity index is 1080. The molecule has 0 saturated heterocycles. The van der Waals surface area contributed by atoms with E-state index in [1.54, 1.807) is 4.57 Å². The number of carbonyl (C=O) groups is 1. The molecule has 0 saturated carbocycles. The van der Waals surface area contributed by atoms with E-state index in [1.165, 1.54) is 11.8 Å². The molecular weight excluding hydrogens is 384 g/mol. The van der Waals surface area contributed by atoms with E-state index in [0.717, 1.165) is 41.8 Å². The van der Waals surface area contributed by atoms with Gasteiger partial charge in [0, 0.05) is 17.9 Å². The molecule has 0 radical (unpaired) electrons. The lowest BCUT2D eigenvalue weighted by atomic mass is 10.1. The number of benzene rings is 1. The number of thioether (sulfide) groups is 1. The van der Waals surface area contributed by atoms with Gasteiger partial charge in [-0.15, -0.1) is 0 Å². The van der Waals surface area contributed by atoms with Gasteiger partial charge in [0.05, 0.1) is 11.3 Å². The van der Waals surface area contributed by atoms with Gasteiger partial charge in [-0.2, -0.15) is 0 Å². The maximum absolute atomic E-state index is 12.9. The van der Waals surface area contributed by atoms with Crippen LogP contribution in [0.25, 0.3) is 11.0 Å². The fraction of sp³-hybridized carbons (Fsp3) is 0.409. The minimum absolute atomic E-state index is 0.0772. The number of carbonyl (C=O) groups excluding carboxylic acids is 1. The summed E-state index contributed by atoms with van der Waals surface area (Å²) in [6, 6.07) is 7.89. The fourth-order valence-corrected chi connectivity index (χ4v) is 4.17. The lowest BCUT2D eigenvalue weighted by Gasteiger charge is -2.14. The zero-order chi connectivity index (χ0) is 21.0. The molecule has 1 aromatic carbocycles. The smallest absolute Gasteiger partial charge is 0.278 e. The number of aromatic nitrogens is 3. The number of hydrogen-bond donors (Lipinski definition) is 2. The third kappa shape index (κ3) is 4.72. The van der Waals surface area contributed by atoms with Crippen LogP contribution in [0.3, 0.4) is 0 Å². The summed E-state index contributed by atoms with van der Waals surface area (Å²) in [5.74, 6) is 0.103. The summed E-state index contributed by atoms with van der Waals surface area (Å²) in [6.45, 7) is 8.66. The number of amides is 1. The molecule has 29 heavy (non-hydrogen) atoms. The Morgan fingerprint density at radius 1 is 1.28 bits per heavy atom. The first kappa shape index (κ1) is 21.2. The lowest BCUT2D eigenvalue weighted by molar-refractivity contribution is -0.113. The Morgan fingerprint density at radius 3 is 2.79 bits per heavy atom. The number of fused-ring (bicyclic) bond motifs is 1. The van der Waals surface area contributed by atoms with Crippen molar-refractivity contribution in [3.63, 3.8) is 0 Å². The van der Waals surface area contributed by atoms with Gasteiger partial charge in [-0.25, -0.2) is 4.98 Å². The van der Waals surface area contributed by atoms with E-state index >= 15 is 0 Å². The Hall–Kier alpha value is -2.54. The SMILES string of the molecule is CCCCn1c(SCC(=O)Nc2c(C)cccc2CC)nc2cc(C)[nH]c2c1=O. The molecule has 0 bridgehead atoms. The van der Waals surface area contributed by atoms with Gasteiger partial charge < -0.3 is 10.3 Å². The first-order chi connectivity index (χ1) is 13.9. The number of hydrogen-bond acceptors (Lipinski definition) is 4. The Balaban J connectivity index is 1.82. The normalized spacial score (nSPS) is 11.2. The second-order valence-corrected chi connectivity index (χ2v) is 8.16.